The van der Waals surface area contributed by atoms with Gasteiger partial charge in [0.05, 0.1) is 0 Å². The molecule has 28 heavy (non-hydrogen) atoms. The summed E-state index contributed by atoms with van der Waals surface area (Å²) in [5.74, 6) is 1.78. The molecule has 1 nitrogen and oxygen atoms in total. The minimum absolute atomic E-state index is 0.158. The fourth-order valence-corrected chi connectivity index (χ4v) is 3.47. The fourth-order valence-electron chi connectivity index (χ4n) is 3.47. The summed E-state index contributed by atoms with van der Waals surface area (Å²) in [4.78, 5) is 0. The number of rotatable bonds is 8. The molecule has 3 aromatic rings. The molecule has 0 aromatic heterocycles. The van der Waals surface area contributed by atoms with E-state index in [2.05, 4.69) is 69.8 Å². The zero-order valence-corrected chi connectivity index (χ0v) is 17.2. The van der Waals surface area contributed by atoms with Crippen molar-refractivity contribution in [1.82, 2.24) is 0 Å². The van der Waals surface area contributed by atoms with Crippen molar-refractivity contribution in [3.63, 3.8) is 0 Å². The molecular weight excluding hydrogens is 340 g/mol. The summed E-state index contributed by atoms with van der Waals surface area (Å²) in [5, 5.41) is 0. The largest absolute Gasteiger partial charge is 0.457 e. The lowest BCUT2D eigenvalue weighted by molar-refractivity contribution is 0.460. The van der Waals surface area contributed by atoms with Gasteiger partial charge >= 0.3 is 0 Å². The third-order valence-electron chi connectivity index (χ3n) is 5.30. The maximum Gasteiger partial charge on any atom is 0.127 e. The molecule has 3 aromatic carbocycles. The summed E-state index contributed by atoms with van der Waals surface area (Å²) >= 11 is 0. The molecule has 0 radical (unpaired) electrons. The number of ether oxygens (including phenoxy) is 1. The summed E-state index contributed by atoms with van der Waals surface area (Å²) in [6.45, 7) is 10.7. The molecule has 0 unspecified atom stereocenters. The molecule has 0 amide bonds. The van der Waals surface area contributed by atoms with E-state index >= 15 is 0 Å². The molecule has 1 heteroatoms. The van der Waals surface area contributed by atoms with E-state index in [-0.39, 0.29) is 5.41 Å². The minimum atomic E-state index is 0.158. The first-order chi connectivity index (χ1) is 13.4. The molecule has 0 saturated heterocycles. The van der Waals surface area contributed by atoms with Crippen molar-refractivity contribution in [2.45, 2.75) is 45.4 Å². The number of hydrogen-bond donors (Lipinski definition) is 0. The summed E-state index contributed by atoms with van der Waals surface area (Å²) < 4.78 is 5.96. The van der Waals surface area contributed by atoms with Crippen LogP contribution in [0, 0.1) is 0 Å². The standard InChI is InChI=1S/C27H30O/c1-21(2)23-15-17-24(18-16-23)27(3,4)19-9-11-22-10-8-14-26(20-22)28-25-12-6-5-7-13-25/h5-8,10,12-18,20H,1,9,11,19H2,2-4H3. The molecule has 0 aliphatic carbocycles. The highest BCUT2D eigenvalue weighted by Gasteiger charge is 2.20. The number of aryl methyl sites for hydroxylation is 1. The average molecular weight is 371 g/mol. The molecule has 144 valence electrons. The van der Waals surface area contributed by atoms with Crippen molar-refractivity contribution in [2.24, 2.45) is 0 Å². The monoisotopic (exact) mass is 370 g/mol. The Labute approximate surface area is 169 Å². The first kappa shape index (κ1) is 19.9. The molecule has 0 bridgehead atoms. The van der Waals surface area contributed by atoms with Crippen molar-refractivity contribution < 1.29 is 4.74 Å². The normalized spacial score (nSPS) is 11.2. The highest BCUT2D eigenvalue weighted by Crippen LogP contribution is 2.30. The lowest BCUT2D eigenvalue weighted by Crippen LogP contribution is -2.17. The van der Waals surface area contributed by atoms with E-state index in [1.807, 2.05) is 36.4 Å². The van der Waals surface area contributed by atoms with Gasteiger partial charge in [-0.15, -0.1) is 0 Å². The van der Waals surface area contributed by atoms with Gasteiger partial charge < -0.3 is 4.74 Å². The van der Waals surface area contributed by atoms with Gasteiger partial charge in [0, 0.05) is 0 Å². The molecular formula is C27H30O. The van der Waals surface area contributed by atoms with Gasteiger partial charge in [0.25, 0.3) is 0 Å². The molecule has 0 atom stereocenters. The second-order valence-electron chi connectivity index (χ2n) is 8.16. The van der Waals surface area contributed by atoms with Gasteiger partial charge in [0.2, 0.25) is 0 Å². The van der Waals surface area contributed by atoms with E-state index in [9.17, 15) is 0 Å². The van der Waals surface area contributed by atoms with Gasteiger partial charge in [-0.1, -0.05) is 80.6 Å². The third-order valence-corrected chi connectivity index (χ3v) is 5.30. The van der Waals surface area contributed by atoms with Crippen molar-refractivity contribution in [3.05, 3.63) is 102 Å². The van der Waals surface area contributed by atoms with E-state index in [0.29, 0.717) is 0 Å². The van der Waals surface area contributed by atoms with Crippen LogP contribution in [0.1, 0.15) is 50.3 Å². The quantitative estimate of drug-likeness (QED) is 0.393. The summed E-state index contributed by atoms with van der Waals surface area (Å²) in [6, 6.07) is 27.2. The van der Waals surface area contributed by atoms with Crippen molar-refractivity contribution in [2.75, 3.05) is 0 Å². The van der Waals surface area contributed by atoms with Gasteiger partial charge in [-0.2, -0.15) is 0 Å². The zero-order chi connectivity index (χ0) is 20.0. The predicted octanol–water partition coefficient (Wildman–Crippen LogP) is 7.81. The second-order valence-corrected chi connectivity index (χ2v) is 8.16. The average Bonchev–Trinajstić information content (AvgIpc) is 2.69. The van der Waals surface area contributed by atoms with Crippen LogP contribution in [0.2, 0.25) is 0 Å². The predicted molar refractivity (Wildman–Crippen MR) is 120 cm³/mol. The number of para-hydroxylation sites is 1. The fraction of sp³-hybridized carbons (Fsp3) is 0.259. The zero-order valence-electron chi connectivity index (χ0n) is 17.2. The number of hydrogen-bond acceptors (Lipinski definition) is 1. The van der Waals surface area contributed by atoms with Crippen LogP contribution in [0.5, 0.6) is 11.5 Å². The Morgan fingerprint density at radius 1 is 0.857 bits per heavy atom. The Hall–Kier alpha value is -2.80. The molecule has 3 rings (SSSR count). The second kappa shape index (κ2) is 8.93. The summed E-state index contributed by atoms with van der Waals surface area (Å²) in [5.41, 5.74) is 5.20. The molecule has 0 fully saturated rings. The molecule has 0 aliphatic rings. The van der Waals surface area contributed by atoms with Crippen LogP contribution in [-0.2, 0) is 11.8 Å². The van der Waals surface area contributed by atoms with Crippen LogP contribution in [0.3, 0.4) is 0 Å². The van der Waals surface area contributed by atoms with Crippen LogP contribution in [0.25, 0.3) is 5.57 Å². The number of allylic oxidation sites excluding steroid dienone is 1. The lowest BCUT2D eigenvalue weighted by atomic mass is 9.79. The van der Waals surface area contributed by atoms with Gasteiger partial charge in [0.1, 0.15) is 11.5 Å². The van der Waals surface area contributed by atoms with Crippen LogP contribution < -0.4 is 4.74 Å². The Bertz CT molecular complexity index is 905. The lowest BCUT2D eigenvalue weighted by Gasteiger charge is -2.25. The molecule has 0 heterocycles. The van der Waals surface area contributed by atoms with E-state index in [1.165, 1.54) is 16.7 Å². The Kier molecular flexibility index (Phi) is 6.36. The van der Waals surface area contributed by atoms with E-state index in [0.717, 1.165) is 36.3 Å². The van der Waals surface area contributed by atoms with Crippen LogP contribution in [0.15, 0.2) is 85.4 Å². The smallest absolute Gasteiger partial charge is 0.127 e. The summed E-state index contributed by atoms with van der Waals surface area (Å²) in [6.07, 6.45) is 3.34. The SMILES string of the molecule is C=C(C)c1ccc(C(C)(C)CCCc2cccc(Oc3ccccc3)c2)cc1. The first-order valence-electron chi connectivity index (χ1n) is 10.0. The molecule has 0 aliphatic heterocycles. The molecule has 0 spiro atoms. The van der Waals surface area contributed by atoms with E-state index in [4.69, 9.17) is 4.74 Å². The highest BCUT2D eigenvalue weighted by atomic mass is 16.5. The highest BCUT2D eigenvalue weighted by molar-refractivity contribution is 5.61. The van der Waals surface area contributed by atoms with Gasteiger partial charge in [-0.05, 0) is 72.6 Å². The van der Waals surface area contributed by atoms with E-state index in [1.54, 1.807) is 0 Å². The van der Waals surface area contributed by atoms with E-state index < -0.39 is 0 Å². The Balaban J connectivity index is 1.58. The van der Waals surface area contributed by atoms with Crippen molar-refractivity contribution in [1.29, 1.82) is 0 Å². The van der Waals surface area contributed by atoms with Crippen LogP contribution >= 0.6 is 0 Å². The third kappa shape index (κ3) is 5.36. The minimum Gasteiger partial charge on any atom is -0.457 e. The Morgan fingerprint density at radius 3 is 2.21 bits per heavy atom. The van der Waals surface area contributed by atoms with Gasteiger partial charge in [-0.25, -0.2) is 0 Å². The van der Waals surface area contributed by atoms with Crippen molar-refractivity contribution in [3.8, 4) is 11.5 Å². The molecule has 0 saturated carbocycles. The Morgan fingerprint density at radius 2 is 1.54 bits per heavy atom. The number of benzene rings is 3. The summed E-state index contributed by atoms with van der Waals surface area (Å²) in [7, 11) is 0. The van der Waals surface area contributed by atoms with Crippen molar-refractivity contribution >= 4 is 5.57 Å². The maximum atomic E-state index is 5.96. The van der Waals surface area contributed by atoms with Gasteiger partial charge in [0.15, 0.2) is 0 Å². The molecule has 0 N–H and O–H groups in total. The maximum absolute atomic E-state index is 5.96. The van der Waals surface area contributed by atoms with Gasteiger partial charge in [-0.3, -0.25) is 0 Å². The van der Waals surface area contributed by atoms with Crippen LogP contribution in [-0.4, -0.2) is 0 Å². The topological polar surface area (TPSA) is 9.23 Å². The first-order valence-corrected chi connectivity index (χ1v) is 10.0. The van der Waals surface area contributed by atoms with Crippen LogP contribution in [0.4, 0.5) is 0 Å².